The van der Waals surface area contributed by atoms with E-state index in [0.717, 1.165) is 17.0 Å². The van der Waals surface area contributed by atoms with Crippen molar-refractivity contribution in [2.24, 2.45) is 7.05 Å². The number of hydrogen-bond acceptors (Lipinski definition) is 3. The van der Waals surface area contributed by atoms with Gasteiger partial charge in [-0.05, 0) is 23.8 Å². The number of nitrogens with zero attached hydrogens (tertiary/aromatic N) is 2. The zero-order chi connectivity index (χ0) is 22.8. The molecular formula is C22H18F4N2O3. The van der Waals surface area contributed by atoms with E-state index in [-0.39, 0.29) is 5.69 Å². The SMILES string of the molecule is COCC(=O)N(C(=O)c1cn(C)cc1C(F)(F)F)c1ccccc1-c1ccc(F)cc1. The normalized spacial score (nSPS) is 11.4. The van der Waals surface area contributed by atoms with E-state index in [1.807, 2.05) is 0 Å². The fourth-order valence-electron chi connectivity index (χ4n) is 3.19. The first-order valence-corrected chi connectivity index (χ1v) is 9.08. The zero-order valence-electron chi connectivity index (χ0n) is 16.6. The number of carbonyl (C=O) groups is 2. The van der Waals surface area contributed by atoms with E-state index in [4.69, 9.17) is 4.74 Å². The summed E-state index contributed by atoms with van der Waals surface area (Å²) in [5.74, 6) is -2.48. The molecule has 1 heterocycles. The lowest BCUT2D eigenvalue weighted by Crippen LogP contribution is -2.40. The summed E-state index contributed by atoms with van der Waals surface area (Å²) in [5.41, 5.74) is -0.935. The van der Waals surface area contributed by atoms with Gasteiger partial charge >= 0.3 is 6.18 Å². The maximum atomic E-state index is 13.5. The van der Waals surface area contributed by atoms with Crippen LogP contribution in [-0.2, 0) is 22.8 Å². The average Bonchev–Trinajstić information content (AvgIpc) is 3.12. The smallest absolute Gasteiger partial charge is 0.375 e. The molecule has 2 amide bonds. The summed E-state index contributed by atoms with van der Waals surface area (Å²) < 4.78 is 59.8. The maximum Gasteiger partial charge on any atom is 0.418 e. The number of ether oxygens (including phenoxy) is 1. The number of amides is 2. The molecule has 0 aliphatic rings. The van der Waals surface area contributed by atoms with Crippen LogP contribution in [0.4, 0.5) is 23.2 Å². The van der Waals surface area contributed by atoms with Gasteiger partial charge in [0.1, 0.15) is 12.4 Å². The molecule has 0 aliphatic carbocycles. The molecule has 2 aromatic carbocycles. The van der Waals surface area contributed by atoms with Gasteiger partial charge in [-0.15, -0.1) is 0 Å². The Bertz CT molecular complexity index is 1100. The fraction of sp³-hybridized carbons (Fsp3) is 0.182. The minimum absolute atomic E-state index is 0.0538. The Morgan fingerprint density at radius 3 is 2.29 bits per heavy atom. The lowest BCUT2D eigenvalue weighted by molar-refractivity contribution is -0.138. The molecule has 0 bridgehead atoms. The standard InChI is InChI=1S/C22H18F4N2O3/c1-27-11-17(18(12-27)22(24,25)26)21(30)28(20(29)13-31-2)19-6-4-3-5-16(19)14-7-9-15(23)10-8-14/h3-12H,13H2,1-2H3. The monoisotopic (exact) mass is 434 g/mol. The summed E-state index contributed by atoms with van der Waals surface area (Å²) in [6.45, 7) is -0.530. The molecule has 0 saturated heterocycles. The van der Waals surface area contributed by atoms with E-state index in [9.17, 15) is 27.2 Å². The van der Waals surface area contributed by atoms with Crippen LogP contribution in [0.3, 0.4) is 0 Å². The highest BCUT2D eigenvalue weighted by molar-refractivity contribution is 6.23. The first-order valence-electron chi connectivity index (χ1n) is 9.08. The Morgan fingerprint density at radius 2 is 1.68 bits per heavy atom. The van der Waals surface area contributed by atoms with E-state index in [1.165, 1.54) is 44.5 Å². The molecule has 0 radical (unpaired) electrons. The van der Waals surface area contributed by atoms with Crippen molar-refractivity contribution in [2.75, 3.05) is 18.6 Å². The van der Waals surface area contributed by atoms with Gasteiger partial charge in [0, 0.05) is 32.1 Å². The van der Waals surface area contributed by atoms with Gasteiger partial charge in [-0.2, -0.15) is 13.2 Å². The van der Waals surface area contributed by atoms with E-state index in [1.54, 1.807) is 18.2 Å². The molecule has 31 heavy (non-hydrogen) atoms. The van der Waals surface area contributed by atoms with E-state index < -0.39 is 41.5 Å². The van der Waals surface area contributed by atoms with Crippen molar-refractivity contribution in [1.29, 1.82) is 0 Å². The molecule has 0 spiro atoms. The van der Waals surface area contributed by atoms with Gasteiger partial charge in [0.2, 0.25) is 0 Å². The molecule has 0 saturated carbocycles. The third kappa shape index (κ3) is 4.66. The second kappa shape index (κ2) is 8.73. The van der Waals surface area contributed by atoms with Gasteiger partial charge in [0.25, 0.3) is 11.8 Å². The summed E-state index contributed by atoms with van der Waals surface area (Å²) in [6.07, 6.45) is -3.00. The Morgan fingerprint density at radius 1 is 1.03 bits per heavy atom. The number of halogens is 4. The predicted molar refractivity (Wildman–Crippen MR) is 106 cm³/mol. The Balaban J connectivity index is 2.18. The predicted octanol–water partition coefficient (Wildman–Crippen LogP) is 4.67. The molecule has 1 aromatic heterocycles. The number of benzene rings is 2. The Hall–Kier alpha value is -3.46. The van der Waals surface area contributed by atoms with Gasteiger partial charge < -0.3 is 9.30 Å². The molecule has 3 rings (SSSR count). The van der Waals surface area contributed by atoms with Gasteiger partial charge in [-0.3, -0.25) is 9.59 Å². The third-order valence-corrected chi connectivity index (χ3v) is 4.51. The van der Waals surface area contributed by atoms with Crippen molar-refractivity contribution in [3.63, 3.8) is 0 Å². The number of alkyl halides is 3. The number of imide groups is 1. The first-order chi connectivity index (χ1) is 14.6. The molecule has 5 nitrogen and oxygen atoms in total. The van der Waals surface area contributed by atoms with Gasteiger partial charge in [0.15, 0.2) is 0 Å². The largest absolute Gasteiger partial charge is 0.418 e. The quantitative estimate of drug-likeness (QED) is 0.549. The Kier molecular flexibility index (Phi) is 6.26. The topological polar surface area (TPSA) is 51.5 Å². The second-order valence-electron chi connectivity index (χ2n) is 6.74. The minimum Gasteiger partial charge on any atom is -0.375 e. The molecular weight excluding hydrogens is 416 g/mol. The fourth-order valence-corrected chi connectivity index (χ4v) is 3.19. The van der Waals surface area contributed by atoms with Crippen LogP contribution in [-0.4, -0.2) is 30.1 Å². The van der Waals surface area contributed by atoms with E-state index in [0.29, 0.717) is 16.0 Å². The Labute approximate surface area is 175 Å². The summed E-state index contributed by atoms with van der Waals surface area (Å²) in [6, 6.07) is 11.5. The van der Waals surface area contributed by atoms with E-state index in [2.05, 4.69) is 0 Å². The van der Waals surface area contributed by atoms with E-state index >= 15 is 0 Å². The molecule has 9 heteroatoms. The van der Waals surface area contributed by atoms with Crippen molar-refractivity contribution in [3.8, 4) is 11.1 Å². The molecule has 0 atom stereocenters. The first kappa shape index (κ1) is 22.2. The summed E-state index contributed by atoms with van der Waals surface area (Å²) in [5, 5.41) is 0. The summed E-state index contributed by atoms with van der Waals surface area (Å²) in [7, 11) is 2.58. The molecule has 0 fully saturated rings. The van der Waals surface area contributed by atoms with Crippen LogP contribution in [0.1, 0.15) is 15.9 Å². The lowest BCUT2D eigenvalue weighted by atomic mass is 10.0. The maximum absolute atomic E-state index is 13.5. The number of anilines is 1. The van der Waals surface area contributed by atoms with Crippen LogP contribution in [0.2, 0.25) is 0 Å². The zero-order valence-corrected chi connectivity index (χ0v) is 16.6. The van der Waals surface area contributed by atoms with Crippen LogP contribution in [0, 0.1) is 5.82 Å². The van der Waals surface area contributed by atoms with Crippen molar-refractivity contribution < 1.29 is 31.9 Å². The minimum atomic E-state index is -4.79. The molecule has 0 N–H and O–H groups in total. The van der Waals surface area contributed by atoms with Crippen molar-refractivity contribution >= 4 is 17.5 Å². The highest BCUT2D eigenvalue weighted by atomic mass is 19.4. The van der Waals surface area contributed by atoms with Crippen LogP contribution in [0.15, 0.2) is 60.9 Å². The number of carbonyl (C=O) groups excluding carboxylic acids is 2. The van der Waals surface area contributed by atoms with Crippen LogP contribution < -0.4 is 4.90 Å². The highest BCUT2D eigenvalue weighted by Crippen LogP contribution is 2.36. The van der Waals surface area contributed by atoms with Gasteiger partial charge in [-0.25, -0.2) is 9.29 Å². The number of para-hydroxylation sites is 1. The number of aryl methyl sites for hydroxylation is 1. The molecule has 162 valence electrons. The van der Waals surface area contributed by atoms with Crippen molar-refractivity contribution in [3.05, 3.63) is 77.9 Å². The number of aromatic nitrogens is 1. The molecule has 0 unspecified atom stereocenters. The highest BCUT2D eigenvalue weighted by Gasteiger charge is 2.39. The van der Waals surface area contributed by atoms with Gasteiger partial charge in [0.05, 0.1) is 16.8 Å². The molecule has 0 aliphatic heterocycles. The van der Waals surface area contributed by atoms with Crippen LogP contribution in [0.25, 0.3) is 11.1 Å². The number of methoxy groups -OCH3 is 1. The molecule has 3 aromatic rings. The third-order valence-electron chi connectivity index (χ3n) is 4.51. The number of rotatable bonds is 5. The van der Waals surface area contributed by atoms with Crippen molar-refractivity contribution in [2.45, 2.75) is 6.18 Å². The summed E-state index contributed by atoms with van der Waals surface area (Å²) >= 11 is 0. The number of hydrogen-bond donors (Lipinski definition) is 0. The second-order valence-corrected chi connectivity index (χ2v) is 6.74. The van der Waals surface area contributed by atoms with Crippen LogP contribution in [0.5, 0.6) is 0 Å². The summed E-state index contributed by atoms with van der Waals surface area (Å²) in [4.78, 5) is 26.7. The van der Waals surface area contributed by atoms with Crippen LogP contribution >= 0.6 is 0 Å². The van der Waals surface area contributed by atoms with Gasteiger partial charge in [-0.1, -0.05) is 30.3 Å². The van der Waals surface area contributed by atoms with Crippen molar-refractivity contribution in [1.82, 2.24) is 4.57 Å². The lowest BCUT2D eigenvalue weighted by Gasteiger charge is -2.24. The average molecular weight is 434 g/mol.